The van der Waals surface area contributed by atoms with Gasteiger partial charge in [0.2, 0.25) is 11.0 Å². The van der Waals surface area contributed by atoms with Gasteiger partial charge in [-0.25, -0.2) is 4.98 Å². The van der Waals surface area contributed by atoms with Gasteiger partial charge in [0.25, 0.3) is 0 Å². The molecule has 0 aliphatic carbocycles. The highest BCUT2D eigenvalue weighted by atomic mass is 32.1. The molecule has 0 aromatic carbocycles. The van der Waals surface area contributed by atoms with Gasteiger partial charge in [-0.05, 0) is 6.07 Å². The predicted octanol–water partition coefficient (Wildman–Crippen LogP) is 2.52. The van der Waals surface area contributed by atoms with Crippen LogP contribution in [0.25, 0.3) is 0 Å². The van der Waals surface area contributed by atoms with Crippen LogP contribution in [-0.2, 0) is 16.8 Å². The summed E-state index contributed by atoms with van der Waals surface area (Å²) >= 11 is 1.45. The number of anilines is 1. The van der Waals surface area contributed by atoms with Gasteiger partial charge in [0.05, 0.1) is 18.8 Å². The lowest BCUT2D eigenvalue weighted by Gasteiger charge is -2.17. The second kappa shape index (κ2) is 7.57. The van der Waals surface area contributed by atoms with Crippen LogP contribution >= 0.6 is 11.5 Å². The largest absolute Gasteiger partial charge is 0.488 e. The molecule has 7 nitrogen and oxygen atoms in total. The van der Waals surface area contributed by atoms with Gasteiger partial charge in [-0.3, -0.25) is 9.78 Å². The van der Waals surface area contributed by atoms with Crippen molar-refractivity contribution in [3.63, 3.8) is 0 Å². The van der Waals surface area contributed by atoms with Gasteiger partial charge in [-0.1, -0.05) is 20.8 Å². The number of aromatic nitrogens is 3. The maximum absolute atomic E-state index is 11.0. The molecule has 3 heterocycles. The molecule has 2 aromatic heterocycles. The Bertz CT molecular complexity index is 771. The number of hydrogen-bond acceptors (Lipinski definition) is 7. The minimum atomic E-state index is -0.0729. The average molecular weight is 375 g/mol. The van der Waals surface area contributed by atoms with Gasteiger partial charge in [0.1, 0.15) is 17.7 Å². The van der Waals surface area contributed by atoms with E-state index >= 15 is 0 Å². The predicted molar refractivity (Wildman–Crippen MR) is 102 cm³/mol. The summed E-state index contributed by atoms with van der Waals surface area (Å²) in [5, 5.41) is 3.71. The molecule has 2 aromatic rings. The van der Waals surface area contributed by atoms with Crippen molar-refractivity contribution in [1.29, 1.82) is 0 Å². The summed E-state index contributed by atoms with van der Waals surface area (Å²) in [6.45, 7) is 9.97. The van der Waals surface area contributed by atoms with Gasteiger partial charge in [-0.15, -0.1) is 0 Å². The highest BCUT2D eigenvalue weighted by molar-refractivity contribution is 7.09. The van der Waals surface area contributed by atoms with Crippen molar-refractivity contribution in [3.8, 4) is 5.75 Å². The summed E-state index contributed by atoms with van der Waals surface area (Å²) in [6.07, 6.45) is 2.75. The summed E-state index contributed by atoms with van der Waals surface area (Å²) < 4.78 is 10.6. The molecule has 1 unspecified atom stereocenters. The zero-order valence-electron chi connectivity index (χ0n) is 15.7. The minimum absolute atomic E-state index is 0.0360. The Kier molecular flexibility index (Phi) is 5.41. The highest BCUT2D eigenvalue weighted by Crippen LogP contribution is 2.28. The lowest BCUT2D eigenvalue weighted by atomic mass is 9.96. The molecular weight excluding hydrogens is 350 g/mol. The van der Waals surface area contributed by atoms with E-state index in [1.165, 1.54) is 18.5 Å². The maximum Gasteiger partial charge on any atom is 0.217 e. The van der Waals surface area contributed by atoms with Crippen molar-refractivity contribution in [2.24, 2.45) is 0 Å². The third-order valence-corrected chi connectivity index (χ3v) is 4.89. The third-order valence-electron chi connectivity index (χ3n) is 4.11. The number of hydrogen-bond donors (Lipinski definition) is 1. The van der Waals surface area contributed by atoms with Gasteiger partial charge in [0, 0.05) is 49.1 Å². The lowest BCUT2D eigenvalue weighted by molar-refractivity contribution is -0.119. The second-order valence-corrected chi connectivity index (χ2v) is 8.25. The molecular formula is C18H25N5O2S. The van der Waals surface area contributed by atoms with E-state index in [2.05, 4.69) is 45.3 Å². The fraction of sp³-hybridized carbons (Fsp3) is 0.556. The van der Waals surface area contributed by atoms with Crippen LogP contribution in [0.2, 0.25) is 0 Å². The average Bonchev–Trinajstić information content (AvgIpc) is 3.22. The standard InChI is InChI=1S/C18H25N5O2S/c1-12(24)20-10-13-9-14(5-7-19-13)25-15-6-8-23(11-15)17-21-16(22-26-17)18(2,3)4/h5,7,9,15H,6,8,10-11H2,1-4H3,(H,20,24). The molecule has 26 heavy (non-hydrogen) atoms. The van der Waals surface area contributed by atoms with Gasteiger partial charge < -0.3 is 15.0 Å². The number of amides is 1. The summed E-state index contributed by atoms with van der Waals surface area (Å²) in [4.78, 5) is 22.2. The SMILES string of the molecule is CC(=O)NCc1cc(OC2CCN(c3nc(C(C)(C)C)ns3)C2)ccn1. The fourth-order valence-corrected chi connectivity index (χ4v) is 3.57. The fourth-order valence-electron chi connectivity index (χ4n) is 2.68. The Morgan fingerprint density at radius 2 is 2.27 bits per heavy atom. The monoisotopic (exact) mass is 375 g/mol. The van der Waals surface area contributed by atoms with E-state index in [-0.39, 0.29) is 17.4 Å². The van der Waals surface area contributed by atoms with E-state index < -0.39 is 0 Å². The maximum atomic E-state index is 11.0. The van der Waals surface area contributed by atoms with Crippen LogP contribution in [-0.4, -0.2) is 39.4 Å². The third kappa shape index (κ3) is 4.69. The Hall–Kier alpha value is -2.22. The number of nitrogens with zero attached hydrogens (tertiary/aromatic N) is 4. The minimum Gasteiger partial charge on any atom is -0.488 e. The van der Waals surface area contributed by atoms with Crippen molar-refractivity contribution in [3.05, 3.63) is 29.8 Å². The van der Waals surface area contributed by atoms with Crippen LogP contribution in [0.3, 0.4) is 0 Å². The number of rotatable bonds is 5. The number of ether oxygens (including phenoxy) is 1. The van der Waals surface area contributed by atoms with Crippen molar-refractivity contribution in [2.45, 2.75) is 52.2 Å². The first-order valence-corrected chi connectivity index (χ1v) is 9.54. The van der Waals surface area contributed by atoms with Crippen LogP contribution in [0.1, 0.15) is 45.6 Å². The van der Waals surface area contributed by atoms with Crippen LogP contribution in [0.5, 0.6) is 5.75 Å². The van der Waals surface area contributed by atoms with Crippen LogP contribution in [0.4, 0.5) is 5.13 Å². The number of pyridine rings is 1. The van der Waals surface area contributed by atoms with Crippen molar-refractivity contribution >= 4 is 22.6 Å². The zero-order valence-corrected chi connectivity index (χ0v) is 16.5. The highest BCUT2D eigenvalue weighted by Gasteiger charge is 2.28. The van der Waals surface area contributed by atoms with E-state index in [1.54, 1.807) is 6.20 Å². The summed E-state index contributed by atoms with van der Waals surface area (Å²) in [6, 6.07) is 3.73. The molecule has 8 heteroatoms. The molecule has 0 saturated carbocycles. The number of nitrogens with one attached hydrogen (secondary N) is 1. The van der Waals surface area contributed by atoms with E-state index in [1.807, 2.05) is 12.1 Å². The van der Waals surface area contributed by atoms with Crippen LogP contribution < -0.4 is 15.0 Å². The van der Waals surface area contributed by atoms with Crippen LogP contribution in [0.15, 0.2) is 18.3 Å². The molecule has 1 aliphatic rings. The second-order valence-electron chi connectivity index (χ2n) is 7.52. The molecule has 3 rings (SSSR count). The molecule has 0 radical (unpaired) electrons. The van der Waals surface area contributed by atoms with Crippen molar-refractivity contribution in [1.82, 2.24) is 19.7 Å². The van der Waals surface area contributed by atoms with E-state index in [4.69, 9.17) is 4.74 Å². The van der Waals surface area contributed by atoms with Gasteiger partial charge in [0.15, 0.2) is 0 Å². The molecule has 1 amide bonds. The Balaban J connectivity index is 1.58. The quantitative estimate of drug-likeness (QED) is 0.865. The Morgan fingerprint density at radius 1 is 1.46 bits per heavy atom. The molecule has 0 spiro atoms. The lowest BCUT2D eigenvalue weighted by Crippen LogP contribution is -2.25. The van der Waals surface area contributed by atoms with Gasteiger partial charge in [-0.2, -0.15) is 4.37 Å². The smallest absolute Gasteiger partial charge is 0.217 e. The summed E-state index contributed by atoms with van der Waals surface area (Å²) in [5.41, 5.74) is 0.748. The molecule has 140 valence electrons. The molecule has 1 atom stereocenters. The van der Waals surface area contributed by atoms with Crippen LogP contribution in [0, 0.1) is 0 Å². The van der Waals surface area contributed by atoms with E-state index in [9.17, 15) is 4.79 Å². The summed E-state index contributed by atoms with van der Waals surface area (Å²) in [5.74, 6) is 1.59. The number of carbonyl (C=O) groups is 1. The molecule has 1 aliphatic heterocycles. The normalized spacial score (nSPS) is 17.4. The first-order chi connectivity index (χ1) is 12.3. The molecule has 1 N–H and O–H groups in total. The number of carbonyl (C=O) groups excluding carboxylic acids is 1. The first-order valence-electron chi connectivity index (χ1n) is 8.76. The van der Waals surface area contributed by atoms with E-state index in [0.29, 0.717) is 6.54 Å². The Labute approximate surface area is 158 Å². The van der Waals surface area contributed by atoms with Crippen molar-refractivity contribution < 1.29 is 9.53 Å². The van der Waals surface area contributed by atoms with Crippen molar-refractivity contribution in [2.75, 3.05) is 18.0 Å². The first kappa shape index (κ1) is 18.6. The Morgan fingerprint density at radius 3 is 2.96 bits per heavy atom. The zero-order chi connectivity index (χ0) is 18.7. The summed E-state index contributed by atoms with van der Waals surface area (Å²) in [7, 11) is 0. The topological polar surface area (TPSA) is 80.2 Å². The van der Waals surface area contributed by atoms with E-state index in [0.717, 1.165) is 41.9 Å². The van der Waals surface area contributed by atoms with Gasteiger partial charge >= 0.3 is 0 Å². The molecule has 1 fully saturated rings. The molecule has 1 saturated heterocycles. The molecule has 0 bridgehead atoms.